The summed E-state index contributed by atoms with van der Waals surface area (Å²) in [5.74, 6) is 1.72. The van der Waals surface area contributed by atoms with Gasteiger partial charge in [0.05, 0.1) is 12.6 Å². The van der Waals surface area contributed by atoms with Crippen molar-refractivity contribution in [1.82, 2.24) is 5.06 Å². The van der Waals surface area contributed by atoms with Crippen molar-refractivity contribution < 1.29 is 4.84 Å². The Kier molecular flexibility index (Phi) is 5.03. The van der Waals surface area contributed by atoms with Gasteiger partial charge in [0.2, 0.25) is 0 Å². The number of rotatable bonds is 6. The zero-order valence-corrected chi connectivity index (χ0v) is 12.3. The Hall–Kier alpha value is -1.28. The van der Waals surface area contributed by atoms with Crippen LogP contribution in [0.5, 0.6) is 0 Å². The van der Waals surface area contributed by atoms with E-state index in [2.05, 4.69) is 62.2 Å². The average Bonchev–Trinajstić information content (AvgIpc) is 2.81. The molecule has 1 aromatic rings. The molecule has 19 heavy (non-hydrogen) atoms. The third-order valence-corrected chi connectivity index (χ3v) is 3.56. The molecule has 0 amide bonds. The summed E-state index contributed by atoms with van der Waals surface area (Å²) in [4.78, 5) is 6.04. The maximum Gasteiger partial charge on any atom is 0.122 e. The molecule has 0 fully saturated rings. The van der Waals surface area contributed by atoms with E-state index in [0.717, 1.165) is 18.7 Å². The Morgan fingerprint density at radius 1 is 1.21 bits per heavy atom. The second kappa shape index (κ2) is 6.76. The van der Waals surface area contributed by atoms with Gasteiger partial charge in [0.15, 0.2) is 0 Å². The molecule has 1 aliphatic heterocycles. The van der Waals surface area contributed by atoms with Gasteiger partial charge in [-0.3, -0.25) is 0 Å². The summed E-state index contributed by atoms with van der Waals surface area (Å²) in [5.41, 5.74) is 1.30. The minimum absolute atomic E-state index is 0.395. The first-order valence-electron chi connectivity index (χ1n) is 7.40. The van der Waals surface area contributed by atoms with Crippen LogP contribution in [0, 0.1) is 5.92 Å². The van der Waals surface area contributed by atoms with Crippen molar-refractivity contribution in [2.24, 2.45) is 5.92 Å². The lowest BCUT2D eigenvalue weighted by atomic mass is 10.0. The van der Waals surface area contributed by atoms with Gasteiger partial charge in [-0.15, -0.1) is 5.06 Å². The monoisotopic (exact) mass is 259 g/mol. The van der Waals surface area contributed by atoms with Gasteiger partial charge in [-0.25, -0.2) is 0 Å². The molecule has 2 rings (SSSR count). The zero-order chi connectivity index (χ0) is 13.7. The van der Waals surface area contributed by atoms with E-state index in [-0.39, 0.29) is 0 Å². The molecule has 1 aliphatic rings. The van der Waals surface area contributed by atoms with Crippen molar-refractivity contribution in [3.63, 3.8) is 0 Å². The summed E-state index contributed by atoms with van der Waals surface area (Å²) in [5, 5.41) is 2.13. The molecule has 2 heteroatoms. The summed E-state index contributed by atoms with van der Waals surface area (Å²) in [6, 6.07) is 10.9. The number of allylic oxidation sites excluding steroid dienone is 1. The quantitative estimate of drug-likeness (QED) is 0.744. The standard InChI is InChI=1S/C17H25NO/c1-4-5-11-16-12-17(14(2)3)18(19-16)13-15-9-7-6-8-10-15/h6-10,12,14,17H,4-5,11,13H2,1-3H3. The van der Waals surface area contributed by atoms with Crippen LogP contribution in [-0.4, -0.2) is 11.1 Å². The van der Waals surface area contributed by atoms with E-state index in [1.54, 1.807) is 0 Å². The van der Waals surface area contributed by atoms with E-state index < -0.39 is 0 Å². The van der Waals surface area contributed by atoms with Gasteiger partial charge in [-0.2, -0.15) is 0 Å². The van der Waals surface area contributed by atoms with E-state index in [0.29, 0.717) is 12.0 Å². The molecule has 1 aromatic carbocycles. The highest BCUT2D eigenvalue weighted by Gasteiger charge is 2.28. The Morgan fingerprint density at radius 2 is 1.95 bits per heavy atom. The Balaban J connectivity index is 2.00. The number of benzene rings is 1. The Morgan fingerprint density at radius 3 is 2.58 bits per heavy atom. The normalized spacial score (nSPS) is 19.6. The lowest BCUT2D eigenvalue weighted by Crippen LogP contribution is -2.32. The first-order valence-corrected chi connectivity index (χ1v) is 7.40. The topological polar surface area (TPSA) is 12.5 Å². The van der Waals surface area contributed by atoms with Crippen LogP contribution in [0.25, 0.3) is 0 Å². The van der Waals surface area contributed by atoms with Crippen LogP contribution in [0.1, 0.15) is 45.6 Å². The first kappa shape index (κ1) is 14.1. The van der Waals surface area contributed by atoms with Crippen molar-refractivity contribution in [1.29, 1.82) is 0 Å². The summed E-state index contributed by atoms with van der Waals surface area (Å²) >= 11 is 0. The lowest BCUT2D eigenvalue weighted by Gasteiger charge is -2.25. The number of unbranched alkanes of at least 4 members (excludes halogenated alkanes) is 1. The molecule has 1 atom stereocenters. The van der Waals surface area contributed by atoms with Crippen molar-refractivity contribution in [2.45, 2.75) is 52.6 Å². The highest BCUT2D eigenvalue weighted by atomic mass is 16.7. The van der Waals surface area contributed by atoms with Gasteiger partial charge in [-0.1, -0.05) is 57.5 Å². The number of nitrogens with zero attached hydrogens (tertiary/aromatic N) is 1. The van der Waals surface area contributed by atoms with Gasteiger partial charge >= 0.3 is 0 Å². The van der Waals surface area contributed by atoms with Gasteiger partial charge in [0.1, 0.15) is 5.76 Å². The van der Waals surface area contributed by atoms with E-state index in [9.17, 15) is 0 Å². The lowest BCUT2D eigenvalue weighted by molar-refractivity contribution is -0.136. The average molecular weight is 259 g/mol. The van der Waals surface area contributed by atoms with Crippen molar-refractivity contribution in [2.75, 3.05) is 0 Å². The molecule has 0 aliphatic carbocycles. The highest BCUT2D eigenvalue weighted by molar-refractivity contribution is 5.16. The van der Waals surface area contributed by atoms with Crippen LogP contribution in [0.2, 0.25) is 0 Å². The van der Waals surface area contributed by atoms with Crippen LogP contribution in [-0.2, 0) is 11.4 Å². The van der Waals surface area contributed by atoms with Gasteiger partial charge in [0.25, 0.3) is 0 Å². The summed E-state index contributed by atoms with van der Waals surface area (Å²) in [6.07, 6.45) is 5.79. The van der Waals surface area contributed by atoms with Crippen LogP contribution in [0.15, 0.2) is 42.2 Å². The Labute approximate surface area is 117 Å². The van der Waals surface area contributed by atoms with Gasteiger partial charge in [-0.05, 0) is 24.0 Å². The van der Waals surface area contributed by atoms with E-state index in [4.69, 9.17) is 4.84 Å². The molecule has 1 heterocycles. The largest absolute Gasteiger partial charge is 0.410 e. The van der Waals surface area contributed by atoms with Crippen molar-refractivity contribution >= 4 is 0 Å². The molecule has 104 valence electrons. The fourth-order valence-electron chi connectivity index (χ4n) is 2.42. The second-order valence-corrected chi connectivity index (χ2v) is 5.62. The van der Waals surface area contributed by atoms with E-state index in [1.807, 2.05) is 0 Å². The maximum absolute atomic E-state index is 6.04. The van der Waals surface area contributed by atoms with E-state index >= 15 is 0 Å². The molecular weight excluding hydrogens is 234 g/mol. The summed E-state index contributed by atoms with van der Waals surface area (Å²) in [6.45, 7) is 7.59. The molecule has 0 spiro atoms. The molecule has 2 nitrogen and oxygen atoms in total. The first-order chi connectivity index (χ1) is 9.20. The van der Waals surface area contributed by atoms with Crippen molar-refractivity contribution in [3.8, 4) is 0 Å². The maximum atomic E-state index is 6.04. The number of hydrogen-bond donors (Lipinski definition) is 0. The third kappa shape index (κ3) is 3.84. The fraction of sp³-hybridized carbons (Fsp3) is 0.529. The molecule has 0 aromatic heterocycles. The molecule has 1 unspecified atom stereocenters. The molecule has 0 N–H and O–H groups in total. The minimum Gasteiger partial charge on any atom is -0.410 e. The minimum atomic E-state index is 0.395. The predicted molar refractivity (Wildman–Crippen MR) is 79.3 cm³/mol. The van der Waals surface area contributed by atoms with Crippen LogP contribution in [0.4, 0.5) is 0 Å². The molecular formula is C17H25NO. The highest BCUT2D eigenvalue weighted by Crippen LogP contribution is 2.28. The zero-order valence-electron chi connectivity index (χ0n) is 12.3. The fourth-order valence-corrected chi connectivity index (χ4v) is 2.42. The van der Waals surface area contributed by atoms with Crippen LogP contribution in [0.3, 0.4) is 0 Å². The van der Waals surface area contributed by atoms with Crippen LogP contribution >= 0.6 is 0 Å². The second-order valence-electron chi connectivity index (χ2n) is 5.62. The number of hydrogen-bond acceptors (Lipinski definition) is 2. The molecule has 0 saturated heterocycles. The van der Waals surface area contributed by atoms with Crippen molar-refractivity contribution in [3.05, 3.63) is 47.7 Å². The third-order valence-electron chi connectivity index (χ3n) is 3.56. The van der Waals surface area contributed by atoms with Gasteiger partial charge < -0.3 is 4.84 Å². The number of hydroxylamine groups is 2. The SMILES string of the molecule is CCCCC1=CC(C(C)C)N(Cc2ccccc2)O1. The summed E-state index contributed by atoms with van der Waals surface area (Å²) in [7, 11) is 0. The van der Waals surface area contributed by atoms with Crippen LogP contribution < -0.4 is 0 Å². The smallest absolute Gasteiger partial charge is 0.122 e. The Bertz CT molecular complexity index is 411. The molecule has 0 saturated carbocycles. The summed E-state index contributed by atoms with van der Waals surface area (Å²) < 4.78 is 0. The molecule has 0 radical (unpaired) electrons. The van der Waals surface area contributed by atoms with Gasteiger partial charge in [0, 0.05) is 6.42 Å². The van der Waals surface area contributed by atoms with E-state index in [1.165, 1.54) is 18.4 Å². The molecule has 0 bridgehead atoms. The predicted octanol–water partition coefficient (Wildman–Crippen LogP) is 4.53.